The molecule has 4 N–H and O–H groups in total. The van der Waals surface area contributed by atoms with E-state index in [0.717, 1.165) is 34.0 Å². The fraction of sp³-hybridized carbons (Fsp3) is 0.125. The normalized spacial score (nSPS) is 15.6. The molecule has 3 aromatic carbocycles. The van der Waals surface area contributed by atoms with Gasteiger partial charge >= 0.3 is 0 Å². The van der Waals surface area contributed by atoms with Gasteiger partial charge in [0, 0.05) is 6.42 Å². The predicted octanol–water partition coefficient (Wildman–Crippen LogP) is 3.66. The van der Waals surface area contributed by atoms with Gasteiger partial charge < -0.3 is 11.5 Å². The van der Waals surface area contributed by atoms with Crippen LogP contribution in [-0.2, 0) is 4.79 Å². The van der Waals surface area contributed by atoms with Gasteiger partial charge in [-0.25, -0.2) is 5.01 Å². The van der Waals surface area contributed by atoms with Gasteiger partial charge in [0.25, 0.3) is 5.91 Å². The van der Waals surface area contributed by atoms with Crippen LogP contribution >= 0.6 is 11.8 Å². The fourth-order valence-electron chi connectivity index (χ4n) is 3.86. The monoisotopic (exact) mass is 455 g/mol. The summed E-state index contributed by atoms with van der Waals surface area (Å²) in [6.07, 6.45) is 0.629. The lowest BCUT2D eigenvalue weighted by molar-refractivity contribution is -0.130. The molecule has 0 radical (unpaired) electrons. The third-order valence-electron chi connectivity index (χ3n) is 5.41. The molecular formula is C24H21N7OS. The number of anilines is 2. The molecule has 2 heterocycles. The van der Waals surface area contributed by atoms with Crippen LogP contribution in [-0.4, -0.2) is 37.3 Å². The lowest BCUT2D eigenvalue weighted by atomic mass is 9.97. The zero-order valence-corrected chi connectivity index (χ0v) is 18.4. The summed E-state index contributed by atoms with van der Waals surface area (Å²) in [6.45, 7) is 0. The zero-order chi connectivity index (χ0) is 22.8. The number of fused-ring (bicyclic) bond motifs is 1. The van der Waals surface area contributed by atoms with E-state index in [4.69, 9.17) is 16.6 Å². The van der Waals surface area contributed by atoms with Gasteiger partial charge in [-0.05, 0) is 28.0 Å². The van der Waals surface area contributed by atoms with Crippen molar-refractivity contribution in [3.05, 3.63) is 83.9 Å². The van der Waals surface area contributed by atoms with Gasteiger partial charge in [0.05, 0.1) is 17.5 Å². The molecule has 1 aliphatic heterocycles. The van der Waals surface area contributed by atoms with Crippen molar-refractivity contribution >= 4 is 46.0 Å². The van der Waals surface area contributed by atoms with Gasteiger partial charge in [-0.2, -0.15) is 20.1 Å². The number of carbonyl (C=O) groups excluding carboxylic acids is 1. The summed E-state index contributed by atoms with van der Waals surface area (Å²) in [5.41, 5.74) is 14.2. The SMILES string of the molecule is Nc1nc(N)nc(SCC(=O)N2N=C(c3ccc4ccccc4c3)C[C@H]2c2ccccc2)n1. The molecule has 0 saturated carbocycles. The smallest absolute Gasteiger partial charge is 0.253 e. The van der Waals surface area contributed by atoms with Crippen molar-refractivity contribution in [1.29, 1.82) is 0 Å². The summed E-state index contributed by atoms with van der Waals surface area (Å²) in [5.74, 6) is -0.00207. The molecule has 5 rings (SSSR count). The lowest BCUT2D eigenvalue weighted by Gasteiger charge is -2.21. The number of hydrogen-bond donors (Lipinski definition) is 2. The Kier molecular flexibility index (Phi) is 5.62. The molecule has 1 atom stereocenters. The summed E-state index contributed by atoms with van der Waals surface area (Å²) < 4.78 is 0. The largest absolute Gasteiger partial charge is 0.368 e. The first-order valence-electron chi connectivity index (χ1n) is 10.4. The van der Waals surface area contributed by atoms with Crippen molar-refractivity contribution < 1.29 is 4.79 Å². The summed E-state index contributed by atoms with van der Waals surface area (Å²) in [6, 6.07) is 24.2. The number of hydrogen-bond acceptors (Lipinski definition) is 8. The number of carbonyl (C=O) groups is 1. The highest BCUT2D eigenvalue weighted by molar-refractivity contribution is 7.99. The minimum Gasteiger partial charge on any atom is -0.368 e. The van der Waals surface area contributed by atoms with Crippen molar-refractivity contribution in [1.82, 2.24) is 20.0 Å². The van der Waals surface area contributed by atoms with Crippen LogP contribution in [0.15, 0.2) is 83.1 Å². The predicted molar refractivity (Wildman–Crippen MR) is 131 cm³/mol. The molecule has 9 heteroatoms. The lowest BCUT2D eigenvalue weighted by Crippen LogP contribution is -2.28. The molecule has 1 amide bonds. The molecule has 0 aliphatic carbocycles. The minimum absolute atomic E-state index is 0.0254. The molecule has 0 bridgehead atoms. The molecule has 1 aromatic heterocycles. The van der Waals surface area contributed by atoms with E-state index >= 15 is 0 Å². The molecule has 0 unspecified atom stereocenters. The maximum atomic E-state index is 13.2. The van der Waals surface area contributed by atoms with Crippen LogP contribution < -0.4 is 11.5 Å². The second-order valence-corrected chi connectivity index (χ2v) is 8.54. The second-order valence-electron chi connectivity index (χ2n) is 7.60. The van der Waals surface area contributed by atoms with Crippen LogP contribution in [0.5, 0.6) is 0 Å². The number of nitrogen functional groups attached to an aromatic ring is 2. The Balaban J connectivity index is 1.43. The van der Waals surface area contributed by atoms with Crippen molar-refractivity contribution in [2.24, 2.45) is 5.10 Å². The van der Waals surface area contributed by atoms with E-state index in [0.29, 0.717) is 11.6 Å². The summed E-state index contributed by atoms with van der Waals surface area (Å²) in [4.78, 5) is 25.1. The summed E-state index contributed by atoms with van der Waals surface area (Å²) >= 11 is 1.16. The van der Waals surface area contributed by atoms with E-state index in [9.17, 15) is 4.79 Å². The molecule has 1 aliphatic rings. The van der Waals surface area contributed by atoms with E-state index in [1.54, 1.807) is 5.01 Å². The summed E-state index contributed by atoms with van der Waals surface area (Å²) in [5, 5.41) is 8.94. The number of amides is 1. The Hall–Kier alpha value is -3.98. The second kappa shape index (κ2) is 8.87. The van der Waals surface area contributed by atoms with Crippen LogP contribution in [0.3, 0.4) is 0 Å². The molecule has 8 nitrogen and oxygen atoms in total. The Morgan fingerprint density at radius 1 is 0.909 bits per heavy atom. The van der Waals surface area contributed by atoms with Crippen LogP contribution in [0.4, 0.5) is 11.9 Å². The van der Waals surface area contributed by atoms with Gasteiger partial charge in [-0.15, -0.1) is 0 Å². The number of nitrogens with two attached hydrogens (primary N) is 2. The van der Waals surface area contributed by atoms with E-state index in [1.165, 1.54) is 5.39 Å². The fourth-order valence-corrected chi connectivity index (χ4v) is 4.56. The highest BCUT2D eigenvalue weighted by Crippen LogP contribution is 2.34. The minimum atomic E-state index is -0.186. The van der Waals surface area contributed by atoms with E-state index < -0.39 is 0 Å². The van der Waals surface area contributed by atoms with E-state index in [2.05, 4.69) is 45.3 Å². The van der Waals surface area contributed by atoms with E-state index in [1.807, 2.05) is 42.5 Å². The van der Waals surface area contributed by atoms with Crippen LogP contribution in [0, 0.1) is 0 Å². The molecule has 0 saturated heterocycles. The molecule has 164 valence electrons. The average Bonchev–Trinajstić information content (AvgIpc) is 3.28. The number of aromatic nitrogens is 3. The number of hydrazone groups is 1. The highest BCUT2D eigenvalue weighted by atomic mass is 32.2. The topological polar surface area (TPSA) is 123 Å². The standard InChI is InChI=1S/C24H21N7OS/c25-22-27-23(26)29-24(28-22)33-14-21(32)31-20(16-7-2-1-3-8-16)13-19(30-31)18-11-10-15-6-4-5-9-17(15)12-18/h1-12,20H,13-14H2,(H4,25,26,27,28,29)/t20-/m0/s1. The molecule has 4 aromatic rings. The third-order valence-corrected chi connectivity index (χ3v) is 6.24. The van der Waals surface area contributed by atoms with Crippen LogP contribution in [0.1, 0.15) is 23.6 Å². The Labute approximate surface area is 194 Å². The Morgan fingerprint density at radius 2 is 1.61 bits per heavy atom. The molecule has 33 heavy (non-hydrogen) atoms. The Morgan fingerprint density at radius 3 is 2.36 bits per heavy atom. The van der Waals surface area contributed by atoms with Gasteiger partial charge in [0.15, 0.2) is 5.16 Å². The maximum absolute atomic E-state index is 13.2. The van der Waals surface area contributed by atoms with Crippen molar-refractivity contribution in [2.45, 2.75) is 17.6 Å². The number of nitrogens with zero attached hydrogens (tertiary/aromatic N) is 5. The average molecular weight is 456 g/mol. The number of rotatable bonds is 5. The van der Waals surface area contributed by atoms with Gasteiger partial charge in [-0.1, -0.05) is 78.5 Å². The first-order valence-corrected chi connectivity index (χ1v) is 11.4. The van der Waals surface area contributed by atoms with Crippen molar-refractivity contribution in [3.63, 3.8) is 0 Å². The quantitative estimate of drug-likeness (QED) is 0.440. The molecule has 0 spiro atoms. The summed E-state index contributed by atoms with van der Waals surface area (Å²) in [7, 11) is 0. The van der Waals surface area contributed by atoms with Crippen LogP contribution in [0.25, 0.3) is 10.8 Å². The third kappa shape index (κ3) is 4.49. The first kappa shape index (κ1) is 20.9. The zero-order valence-electron chi connectivity index (χ0n) is 17.6. The maximum Gasteiger partial charge on any atom is 0.253 e. The highest BCUT2D eigenvalue weighted by Gasteiger charge is 2.33. The number of thioether (sulfide) groups is 1. The van der Waals surface area contributed by atoms with Gasteiger partial charge in [-0.3, -0.25) is 4.79 Å². The first-order chi connectivity index (χ1) is 16.1. The molecular weight excluding hydrogens is 434 g/mol. The van der Waals surface area contributed by atoms with Gasteiger partial charge in [0.2, 0.25) is 11.9 Å². The van der Waals surface area contributed by atoms with Crippen molar-refractivity contribution in [3.8, 4) is 0 Å². The molecule has 0 fully saturated rings. The van der Waals surface area contributed by atoms with Gasteiger partial charge in [0.1, 0.15) is 0 Å². The van der Waals surface area contributed by atoms with E-state index in [-0.39, 0.29) is 29.6 Å². The Bertz CT molecular complexity index is 1340. The van der Waals surface area contributed by atoms with Crippen molar-refractivity contribution in [2.75, 3.05) is 17.2 Å². The van der Waals surface area contributed by atoms with Crippen LogP contribution in [0.2, 0.25) is 0 Å². The number of benzene rings is 3.